The van der Waals surface area contributed by atoms with E-state index in [1.165, 1.54) is 4.90 Å². The number of aliphatic hydroxyl groups excluding tert-OH is 1. The molecular formula is C29H29NO5. The predicted octanol–water partition coefficient (Wildman–Crippen LogP) is 5.50. The summed E-state index contributed by atoms with van der Waals surface area (Å²) in [7, 11) is 0. The predicted molar refractivity (Wildman–Crippen MR) is 134 cm³/mol. The quantitative estimate of drug-likeness (QED) is 0.254. The first-order valence-corrected chi connectivity index (χ1v) is 11.8. The van der Waals surface area contributed by atoms with Crippen molar-refractivity contribution in [3.05, 3.63) is 101 Å². The summed E-state index contributed by atoms with van der Waals surface area (Å²) >= 11 is 0. The Morgan fingerprint density at radius 2 is 1.57 bits per heavy atom. The highest BCUT2D eigenvalue weighted by molar-refractivity contribution is 6.46. The molecule has 0 aromatic heterocycles. The van der Waals surface area contributed by atoms with Crippen molar-refractivity contribution < 1.29 is 24.2 Å². The van der Waals surface area contributed by atoms with E-state index >= 15 is 0 Å². The third-order valence-corrected chi connectivity index (χ3v) is 5.83. The van der Waals surface area contributed by atoms with Crippen molar-refractivity contribution in [1.29, 1.82) is 0 Å². The molecule has 1 unspecified atom stereocenters. The Morgan fingerprint density at radius 3 is 2.23 bits per heavy atom. The van der Waals surface area contributed by atoms with E-state index in [2.05, 4.69) is 0 Å². The summed E-state index contributed by atoms with van der Waals surface area (Å²) < 4.78 is 11.7. The zero-order chi connectivity index (χ0) is 24.8. The number of hydrogen-bond donors (Lipinski definition) is 1. The standard InChI is InChI=1S/C29H29NO5/c1-3-17-35-23-16-15-22(18-24(23)34-4-2)26-25(27(31)21-13-9-6-10-14-21)28(32)29(33)30(26)19-20-11-7-5-8-12-20/h5-16,18,26,31H,3-4,17,19H2,1-2H3/b27-25+. The molecule has 1 atom stereocenters. The molecule has 0 radical (unpaired) electrons. The van der Waals surface area contributed by atoms with Gasteiger partial charge in [0, 0.05) is 12.1 Å². The Labute approximate surface area is 205 Å². The van der Waals surface area contributed by atoms with E-state index in [0.29, 0.717) is 35.8 Å². The topological polar surface area (TPSA) is 76.1 Å². The lowest BCUT2D eigenvalue weighted by Gasteiger charge is -2.26. The van der Waals surface area contributed by atoms with Gasteiger partial charge in [0.1, 0.15) is 5.76 Å². The van der Waals surface area contributed by atoms with Crippen LogP contribution in [0.2, 0.25) is 0 Å². The number of ether oxygens (including phenoxy) is 2. The summed E-state index contributed by atoms with van der Waals surface area (Å²) in [6.45, 7) is 5.10. The molecule has 0 spiro atoms. The fourth-order valence-electron chi connectivity index (χ4n) is 4.22. The van der Waals surface area contributed by atoms with Gasteiger partial charge in [0.25, 0.3) is 11.7 Å². The first kappa shape index (κ1) is 24.1. The lowest BCUT2D eigenvalue weighted by atomic mass is 9.95. The number of Topliss-reactive ketones (excluding diaryl/α,β-unsaturated/α-hetero) is 1. The molecule has 1 aliphatic rings. The summed E-state index contributed by atoms with van der Waals surface area (Å²) in [5.41, 5.74) is 2.07. The molecule has 0 aliphatic carbocycles. The van der Waals surface area contributed by atoms with Crippen LogP contribution < -0.4 is 9.47 Å². The minimum atomic E-state index is -0.783. The first-order valence-electron chi connectivity index (χ1n) is 11.8. The summed E-state index contributed by atoms with van der Waals surface area (Å²) in [6, 6.07) is 22.9. The SMILES string of the molecule is CCCOc1ccc(C2/C(=C(\O)c3ccccc3)C(=O)C(=O)N2Cc2ccccc2)cc1OCC. The second-order valence-electron chi connectivity index (χ2n) is 8.27. The van der Waals surface area contributed by atoms with Crippen LogP contribution in [0.4, 0.5) is 0 Å². The number of hydrogen-bond acceptors (Lipinski definition) is 5. The smallest absolute Gasteiger partial charge is 0.295 e. The molecule has 6 heteroatoms. The molecule has 3 aromatic rings. The van der Waals surface area contributed by atoms with Crippen molar-refractivity contribution in [2.24, 2.45) is 0 Å². The van der Waals surface area contributed by atoms with Crippen LogP contribution in [-0.2, 0) is 16.1 Å². The average Bonchev–Trinajstić information content (AvgIpc) is 3.13. The summed E-state index contributed by atoms with van der Waals surface area (Å²) in [5, 5.41) is 11.2. The average molecular weight is 472 g/mol. The number of benzene rings is 3. The summed E-state index contributed by atoms with van der Waals surface area (Å²) in [5.74, 6) is -0.435. The molecule has 0 bridgehead atoms. The van der Waals surface area contributed by atoms with Gasteiger partial charge in [-0.1, -0.05) is 73.7 Å². The lowest BCUT2D eigenvalue weighted by Crippen LogP contribution is -2.29. The Hall–Kier alpha value is -4.06. The molecule has 4 rings (SSSR count). The molecule has 1 fully saturated rings. The van der Waals surface area contributed by atoms with Gasteiger partial charge in [-0.05, 0) is 36.6 Å². The van der Waals surface area contributed by atoms with Gasteiger partial charge in [-0.15, -0.1) is 0 Å². The highest BCUT2D eigenvalue weighted by Crippen LogP contribution is 2.42. The largest absolute Gasteiger partial charge is 0.507 e. The molecule has 1 N–H and O–H groups in total. The van der Waals surface area contributed by atoms with E-state index in [4.69, 9.17) is 9.47 Å². The van der Waals surface area contributed by atoms with Crippen molar-refractivity contribution in [2.75, 3.05) is 13.2 Å². The highest BCUT2D eigenvalue weighted by atomic mass is 16.5. The molecule has 180 valence electrons. The first-order chi connectivity index (χ1) is 17.0. The fraction of sp³-hybridized carbons (Fsp3) is 0.241. The van der Waals surface area contributed by atoms with Gasteiger partial charge in [-0.2, -0.15) is 0 Å². The minimum Gasteiger partial charge on any atom is -0.507 e. The van der Waals surface area contributed by atoms with Crippen molar-refractivity contribution in [3.63, 3.8) is 0 Å². The molecule has 1 saturated heterocycles. The fourth-order valence-corrected chi connectivity index (χ4v) is 4.22. The normalized spacial score (nSPS) is 17.0. The Morgan fingerprint density at radius 1 is 0.886 bits per heavy atom. The van der Waals surface area contributed by atoms with Crippen molar-refractivity contribution >= 4 is 17.4 Å². The number of likely N-dealkylation sites (tertiary alicyclic amines) is 1. The molecule has 3 aromatic carbocycles. The number of aliphatic hydroxyl groups is 1. The third kappa shape index (κ3) is 5.06. The second kappa shape index (κ2) is 10.9. The van der Waals surface area contributed by atoms with Crippen LogP contribution in [0.3, 0.4) is 0 Å². The zero-order valence-electron chi connectivity index (χ0n) is 19.9. The number of nitrogens with zero attached hydrogens (tertiary/aromatic N) is 1. The lowest BCUT2D eigenvalue weighted by molar-refractivity contribution is -0.140. The highest BCUT2D eigenvalue weighted by Gasteiger charge is 2.46. The zero-order valence-corrected chi connectivity index (χ0v) is 19.9. The molecule has 6 nitrogen and oxygen atoms in total. The number of ketones is 1. The molecule has 1 heterocycles. The van der Waals surface area contributed by atoms with Crippen molar-refractivity contribution in [1.82, 2.24) is 4.90 Å². The third-order valence-electron chi connectivity index (χ3n) is 5.83. The summed E-state index contributed by atoms with van der Waals surface area (Å²) in [4.78, 5) is 28.0. The molecule has 0 saturated carbocycles. The molecular weight excluding hydrogens is 442 g/mol. The van der Waals surface area contributed by atoms with Gasteiger partial charge < -0.3 is 19.5 Å². The maximum Gasteiger partial charge on any atom is 0.295 e. The number of carbonyl (C=O) groups excluding carboxylic acids is 2. The van der Waals surface area contributed by atoms with Gasteiger partial charge in [0.05, 0.1) is 24.8 Å². The minimum absolute atomic E-state index is 0.0572. The maximum atomic E-state index is 13.3. The van der Waals surface area contributed by atoms with E-state index in [1.54, 1.807) is 36.4 Å². The van der Waals surface area contributed by atoms with Crippen LogP contribution in [0, 0.1) is 0 Å². The second-order valence-corrected chi connectivity index (χ2v) is 8.27. The van der Waals surface area contributed by atoms with E-state index < -0.39 is 17.7 Å². The van der Waals surface area contributed by atoms with Crippen LogP contribution in [-0.4, -0.2) is 34.9 Å². The number of rotatable bonds is 9. The molecule has 1 amide bonds. The van der Waals surface area contributed by atoms with Crippen molar-refractivity contribution in [3.8, 4) is 11.5 Å². The van der Waals surface area contributed by atoms with Crippen LogP contribution in [0.5, 0.6) is 11.5 Å². The van der Waals surface area contributed by atoms with E-state index in [0.717, 1.165) is 12.0 Å². The van der Waals surface area contributed by atoms with Gasteiger partial charge in [0.2, 0.25) is 0 Å². The monoisotopic (exact) mass is 471 g/mol. The number of amides is 1. The van der Waals surface area contributed by atoms with Crippen LogP contribution in [0.25, 0.3) is 5.76 Å². The Kier molecular flexibility index (Phi) is 7.51. The van der Waals surface area contributed by atoms with Gasteiger partial charge in [-0.3, -0.25) is 9.59 Å². The van der Waals surface area contributed by atoms with E-state index in [9.17, 15) is 14.7 Å². The Bertz CT molecular complexity index is 1220. The maximum absolute atomic E-state index is 13.3. The Balaban J connectivity index is 1.85. The molecule has 1 aliphatic heterocycles. The van der Waals surface area contributed by atoms with Crippen LogP contribution >= 0.6 is 0 Å². The van der Waals surface area contributed by atoms with Crippen molar-refractivity contribution in [2.45, 2.75) is 32.9 Å². The van der Waals surface area contributed by atoms with Gasteiger partial charge in [-0.25, -0.2) is 0 Å². The van der Waals surface area contributed by atoms with E-state index in [-0.39, 0.29) is 17.9 Å². The van der Waals surface area contributed by atoms with Gasteiger partial charge >= 0.3 is 0 Å². The van der Waals surface area contributed by atoms with Gasteiger partial charge in [0.15, 0.2) is 11.5 Å². The molecule has 35 heavy (non-hydrogen) atoms. The van der Waals surface area contributed by atoms with Crippen LogP contribution in [0.1, 0.15) is 43.0 Å². The van der Waals surface area contributed by atoms with Crippen LogP contribution in [0.15, 0.2) is 84.4 Å². The number of carbonyl (C=O) groups is 2. The van der Waals surface area contributed by atoms with E-state index in [1.807, 2.05) is 56.3 Å². The summed E-state index contributed by atoms with van der Waals surface area (Å²) in [6.07, 6.45) is 0.849.